The zero-order valence-corrected chi connectivity index (χ0v) is 17.0. The number of guanidine groups is 1. The van der Waals surface area contributed by atoms with Gasteiger partial charge in [-0.15, -0.1) is 0 Å². The number of imide groups is 1. The van der Waals surface area contributed by atoms with Crippen LogP contribution in [0.1, 0.15) is 31.6 Å². The maximum atomic E-state index is 12.2. The molecule has 3 amide bonds. The summed E-state index contributed by atoms with van der Waals surface area (Å²) in [5.41, 5.74) is -0.824. The number of hydrogen-bond acceptors (Lipinski definition) is 5. The topological polar surface area (TPSA) is 102 Å². The molecule has 3 heterocycles. The van der Waals surface area contributed by atoms with Crippen molar-refractivity contribution < 1.29 is 14.0 Å². The predicted octanol–water partition coefficient (Wildman–Crippen LogP) is 0.768. The van der Waals surface area contributed by atoms with Crippen molar-refractivity contribution >= 4 is 17.9 Å². The molecule has 9 heteroatoms. The van der Waals surface area contributed by atoms with Gasteiger partial charge in [0.15, 0.2) is 5.96 Å². The standard InChI is InChI=1S/C19H30N6O3/c1-19(16(26)22-18(27)23-19)13-7-9-25(10-8-13)17(20-2)21-12-14(24(3)4)15-6-5-11-28-15/h5-6,11,13-14H,7-10,12H2,1-4H3,(H,20,21)(H2,22,23,26,27). The van der Waals surface area contributed by atoms with Gasteiger partial charge in [-0.2, -0.15) is 0 Å². The molecule has 0 aliphatic carbocycles. The average molecular weight is 390 g/mol. The van der Waals surface area contributed by atoms with Gasteiger partial charge in [0.2, 0.25) is 0 Å². The summed E-state index contributed by atoms with van der Waals surface area (Å²) >= 11 is 0. The minimum absolute atomic E-state index is 0.0978. The number of nitrogens with one attached hydrogen (secondary N) is 3. The van der Waals surface area contributed by atoms with Crippen molar-refractivity contribution in [2.75, 3.05) is 40.8 Å². The highest BCUT2D eigenvalue weighted by molar-refractivity contribution is 6.07. The lowest BCUT2D eigenvalue weighted by Gasteiger charge is -2.40. The number of likely N-dealkylation sites (tertiary alicyclic amines) is 1. The molecule has 2 atom stereocenters. The van der Waals surface area contributed by atoms with Crippen molar-refractivity contribution in [1.29, 1.82) is 0 Å². The second kappa shape index (κ2) is 8.22. The summed E-state index contributed by atoms with van der Waals surface area (Å²) < 4.78 is 5.56. The normalized spacial score (nSPS) is 25.0. The van der Waals surface area contributed by atoms with Gasteiger partial charge in [0.05, 0.1) is 12.3 Å². The van der Waals surface area contributed by atoms with Gasteiger partial charge in [-0.05, 0) is 51.9 Å². The number of carbonyl (C=O) groups is 2. The molecule has 154 valence electrons. The maximum absolute atomic E-state index is 12.2. The molecule has 0 saturated carbocycles. The molecule has 1 aromatic heterocycles. The Hall–Kier alpha value is -2.55. The van der Waals surface area contributed by atoms with Crippen LogP contribution in [0.25, 0.3) is 0 Å². The minimum Gasteiger partial charge on any atom is -0.468 e. The first-order chi connectivity index (χ1) is 13.3. The molecule has 3 rings (SSSR count). The Bertz CT molecular complexity index is 724. The number of aliphatic imine (C=N–C) groups is 1. The summed E-state index contributed by atoms with van der Waals surface area (Å²) in [5, 5.41) is 8.59. The molecule has 0 spiro atoms. The van der Waals surface area contributed by atoms with Crippen LogP contribution in [0.5, 0.6) is 0 Å². The quantitative estimate of drug-likeness (QED) is 0.390. The minimum atomic E-state index is -0.824. The summed E-state index contributed by atoms with van der Waals surface area (Å²) in [5.74, 6) is 1.61. The van der Waals surface area contributed by atoms with Gasteiger partial charge in [0.25, 0.3) is 5.91 Å². The second-order valence-electron chi connectivity index (χ2n) is 7.79. The van der Waals surface area contributed by atoms with E-state index in [9.17, 15) is 9.59 Å². The highest BCUT2D eigenvalue weighted by atomic mass is 16.3. The average Bonchev–Trinajstić information content (AvgIpc) is 3.27. The van der Waals surface area contributed by atoms with E-state index in [1.165, 1.54) is 0 Å². The van der Waals surface area contributed by atoms with Gasteiger partial charge in [0.1, 0.15) is 11.3 Å². The van der Waals surface area contributed by atoms with Crippen molar-refractivity contribution in [3.63, 3.8) is 0 Å². The van der Waals surface area contributed by atoms with Crippen molar-refractivity contribution in [1.82, 2.24) is 25.8 Å². The summed E-state index contributed by atoms with van der Waals surface area (Å²) in [7, 11) is 5.81. The van der Waals surface area contributed by atoms with Gasteiger partial charge in [-0.1, -0.05) is 0 Å². The van der Waals surface area contributed by atoms with E-state index in [0.29, 0.717) is 6.54 Å². The predicted molar refractivity (Wildman–Crippen MR) is 106 cm³/mol. The molecule has 0 bridgehead atoms. The molecular weight excluding hydrogens is 360 g/mol. The molecule has 2 saturated heterocycles. The van der Waals surface area contributed by atoms with Crippen LogP contribution in [0.4, 0.5) is 4.79 Å². The molecular formula is C19H30N6O3. The van der Waals surface area contributed by atoms with Crippen LogP contribution >= 0.6 is 0 Å². The molecule has 0 aromatic carbocycles. The molecule has 28 heavy (non-hydrogen) atoms. The molecule has 0 radical (unpaired) electrons. The summed E-state index contributed by atoms with van der Waals surface area (Å²) in [4.78, 5) is 32.4. The number of likely N-dealkylation sites (N-methyl/N-ethyl adjacent to an activating group) is 1. The van der Waals surface area contributed by atoms with Crippen LogP contribution < -0.4 is 16.0 Å². The molecule has 2 unspecified atom stereocenters. The largest absolute Gasteiger partial charge is 0.468 e. The number of amides is 3. The maximum Gasteiger partial charge on any atom is 0.322 e. The van der Waals surface area contributed by atoms with Crippen LogP contribution in [0.3, 0.4) is 0 Å². The molecule has 3 N–H and O–H groups in total. The van der Waals surface area contributed by atoms with Gasteiger partial charge in [0, 0.05) is 26.7 Å². The Morgan fingerprint density at radius 1 is 1.43 bits per heavy atom. The fourth-order valence-corrected chi connectivity index (χ4v) is 4.05. The van der Waals surface area contributed by atoms with Crippen LogP contribution in [0.15, 0.2) is 27.8 Å². The van der Waals surface area contributed by atoms with Crippen LogP contribution in [0, 0.1) is 5.92 Å². The molecule has 1 aromatic rings. The number of rotatable bonds is 5. The third-order valence-corrected chi connectivity index (χ3v) is 5.84. The van der Waals surface area contributed by atoms with Gasteiger partial charge in [-0.25, -0.2) is 4.79 Å². The monoisotopic (exact) mass is 390 g/mol. The molecule has 9 nitrogen and oxygen atoms in total. The summed E-state index contributed by atoms with van der Waals surface area (Å²) in [6.45, 7) is 4.03. The zero-order valence-electron chi connectivity index (χ0n) is 17.0. The van der Waals surface area contributed by atoms with E-state index in [-0.39, 0.29) is 17.9 Å². The first kappa shape index (κ1) is 20.2. The van der Waals surface area contributed by atoms with E-state index in [0.717, 1.165) is 37.7 Å². The highest BCUT2D eigenvalue weighted by Gasteiger charge is 2.48. The second-order valence-corrected chi connectivity index (χ2v) is 7.79. The first-order valence-electron chi connectivity index (χ1n) is 9.64. The third-order valence-electron chi connectivity index (χ3n) is 5.84. The Morgan fingerprint density at radius 3 is 2.64 bits per heavy atom. The number of nitrogens with zero attached hydrogens (tertiary/aromatic N) is 3. The number of urea groups is 1. The third kappa shape index (κ3) is 3.99. The van der Waals surface area contributed by atoms with E-state index < -0.39 is 11.6 Å². The van der Waals surface area contributed by atoms with Crippen LogP contribution in [0.2, 0.25) is 0 Å². The number of hydrogen-bond donors (Lipinski definition) is 3. The Morgan fingerprint density at radius 2 is 2.14 bits per heavy atom. The zero-order chi connectivity index (χ0) is 20.3. The molecule has 2 aliphatic rings. The lowest BCUT2D eigenvalue weighted by Crippen LogP contribution is -2.55. The number of carbonyl (C=O) groups excluding carboxylic acids is 2. The summed E-state index contributed by atoms with van der Waals surface area (Å²) in [6, 6.07) is 3.56. The summed E-state index contributed by atoms with van der Waals surface area (Å²) in [6.07, 6.45) is 3.30. The van der Waals surface area contributed by atoms with E-state index in [4.69, 9.17) is 4.42 Å². The number of piperidine rings is 1. The van der Waals surface area contributed by atoms with Gasteiger partial charge >= 0.3 is 6.03 Å². The van der Waals surface area contributed by atoms with E-state index in [1.54, 1.807) is 13.3 Å². The number of furan rings is 1. The molecule has 2 aliphatic heterocycles. The van der Waals surface area contributed by atoms with Crippen molar-refractivity contribution in [3.05, 3.63) is 24.2 Å². The fourth-order valence-electron chi connectivity index (χ4n) is 4.05. The highest BCUT2D eigenvalue weighted by Crippen LogP contribution is 2.30. The Balaban J connectivity index is 1.57. The van der Waals surface area contributed by atoms with E-state index in [1.807, 2.05) is 33.2 Å². The Kier molecular flexibility index (Phi) is 5.93. The van der Waals surface area contributed by atoms with Crippen LogP contribution in [-0.2, 0) is 4.79 Å². The fraction of sp³-hybridized carbons (Fsp3) is 0.632. The van der Waals surface area contributed by atoms with Crippen molar-refractivity contribution in [2.45, 2.75) is 31.3 Å². The van der Waals surface area contributed by atoms with Crippen LogP contribution in [-0.4, -0.2) is 74.0 Å². The smallest absolute Gasteiger partial charge is 0.322 e. The SMILES string of the molecule is CN=C(NCC(c1ccco1)N(C)C)N1CCC(C2(C)NC(=O)NC2=O)CC1. The lowest BCUT2D eigenvalue weighted by molar-refractivity contribution is -0.125. The molecule has 2 fully saturated rings. The van der Waals surface area contributed by atoms with Gasteiger partial charge in [-0.3, -0.25) is 20.0 Å². The van der Waals surface area contributed by atoms with Crippen molar-refractivity contribution in [3.8, 4) is 0 Å². The lowest BCUT2D eigenvalue weighted by atomic mass is 9.79. The van der Waals surface area contributed by atoms with Crippen molar-refractivity contribution in [2.24, 2.45) is 10.9 Å². The van der Waals surface area contributed by atoms with Gasteiger partial charge < -0.3 is 20.0 Å². The first-order valence-corrected chi connectivity index (χ1v) is 9.64. The van der Waals surface area contributed by atoms with E-state index in [2.05, 4.69) is 30.7 Å². The van der Waals surface area contributed by atoms with E-state index >= 15 is 0 Å². The Labute approximate surface area is 165 Å².